The van der Waals surface area contributed by atoms with E-state index in [0.29, 0.717) is 6.04 Å². The number of furan rings is 1. The van der Waals surface area contributed by atoms with Crippen molar-refractivity contribution in [3.8, 4) is 11.3 Å². The van der Waals surface area contributed by atoms with Crippen molar-refractivity contribution < 1.29 is 4.42 Å². The minimum Gasteiger partial charge on any atom is -0.461 e. The van der Waals surface area contributed by atoms with E-state index < -0.39 is 0 Å². The highest BCUT2D eigenvalue weighted by Gasteiger charge is 2.11. The van der Waals surface area contributed by atoms with Gasteiger partial charge >= 0.3 is 0 Å². The average Bonchev–Trinajstić information content (AvgIpc) is 2.80. The molecule has 0 aliphatic heterocycles. The lowest BCUT2D eigenvalue weighted by molar-refractivity contribution is 0.481. The Morgan fingerprint density at radius 1 is 1.28 bits per heavy atom. The van der Waals surface area contributed by atoms with Crippen molar-refractivity contribution in [3.05, 3.63) is 46.1 Å². The zero-order chi connectivity index (χ0) is 13.1. The first-order valence-electron chi connectivity index (χ1n) is 6.13. The maximum atomic E-state index is 5.91. The van der Waals surface area contributed by atoms with Gasteiger partial charge in [0.15, 0.2) is 0 Å². The van der Waals surface area contributed by atoms with Crippen molar-refractivity contribution >= 4 is 15.9 Å². The maximum Gasteiger partial charge on any atom is 0.135 e. The zero-order valence-electron chi connectivity index (χ0n) is 11.0. The number of aryl methyl sites for hydroxylation is 1. The van der Waals surface area contributed by atoms with E-state index in [9.17, 15) is 0 Å². The summed E-state index contributed by atoms with van der Waals surface area (Å²) in [5.74, 6) is 1.93. The van der Waals surface area contributed by atoms with Gasteiger partial charge in [0.05, 0.1) is 0 Å². The molecule has 18 heavy (non-hydrogen) atoms. The summed E-state index contributed by atoms with van der Waals surface area (Å²) < 4.78 is 7.01. The van der Waals surface area contributed by atoms with Crippen LogP contribution >= 0.6 is 15.9 Å². The molecule has 0 spiro atoms. The van der Waals surface area contributed by atoms with Crippen molar-refractivity contribution in [2.75, 3.05) is 7.05 Å². The SMILES string of the molecule is CNC(C)Cc1ccc(-c2cccc(C)c2Br)o1. The topological polar surface area (TPSA) is 25.2 Å². The predicted molar refractivity (Wildman–Crippen MR) is 78.8 cm³/mol. The van der Waals surface area contributed by atoms with Gasteiger partial charge in [0.2, 0.25) is 0 Å². The van der Waals surface area contributed by atoms with Crippen molar-refractivity contribution in [2.24, 2.45) is 0 Å². The maximum absolute atomic E-state index is 5.91. The molecule has 1 aromatic carbocycles. The molecular weight excluding hydrogens is 290 g/mol. The molecule has 0 aliphatic rings. The number of rotatable bonds is 4. The number of halogens is 1. The molecule has 0 saturated heterocycles. The van der Waals surface area contributed by atoms with Crippen LogP contribution in [0.5, 0.6) is 0 Å². The minimum atomic E-state index is 0.421. The summed E-state index contributed by atoms with van der Waals surface area (Å²) in [7, 11) is 1.96. The Bertz CT molecular complexity index is 533. The van der Waals surface area contributed by atoms with Crippen LogP contribution in [0.4, 0.5) is 0 Å². The molecule has 0 amide bonds. The van der Waals surface area contributed by atoms with E-state index >= 15 is 0 Å². The number of nitrogens with one attached hydrogen (secondary N) is 1. The summed E-state index contributed by atoms with van der Waals surface area (Å²) in [5.41, 5.74) is 2.33. The van der Waals surface area contributed by atoms with Crippen LogP contribution in [0.2, 0.25) is 0 Å². The second-order valence-corrected chi connectivity index (χ2v) is 5.39. The predicted octanol–water partition coefficient (Wildman–Crippen LogP) is 4.17. The van der Waals surface area contributed by atoms with Gasteiger partial charge in [-0.05, 0) is 54.5 Å². The monoisotopic (exact) mass is 307 g/mol. The normalized spacial score (nSPS) is 12.7. The molecule has 0 fully saturated rings. The van der Waals surface area contributed by atoms with Crippen molar-refractivity contribution in [1.82, 2.24) is 5.32 Å². The summed E-state index contributed by atoms with van der Waals surface area (Å²) in [6.07, 6.45) is 0.903. The van der Waals surface area contributed by atoms with E-state index in [1.165, 1.54) is 5.56 Å². The number of likely N-dealkylation sites (N-methyl/N-ethyl adjacent to an activating group) is 1. The average molecular weight is 308 g/mol. The van der Waals surface area contributed by atoms with Crippen LogP contribution in [0.3, 0.4) is 0 Å². The third-order valence-corrected chi connectivity index (χ3v) is 4.17. The van der Waals surface area contributed by atoms with E-state index in [-0.39, 0.29) is 0 Å². The van der Waals surface area contributed by atoms with Crippen LogP contribution in [0, 0.1) is 6.92 Å². The molecule has 1 atom stereocenters. The molecule has 1 heterocycles. The Kier molecular flexibility index (Phi) is 4.25. The van der Waals surface area contributed by atoms with E-state index in [4.69, 9.17) is 4.42 Å². The van der Waals surface area contributed by atoms with Gasteiger partial charge < -0.3 is 9.73 Å². The first-order valence-corrected chi connectivity index (χ1v) is 6.92. The highest BCUT2D eigenvalue weighted by Crippen LogP contribution is 2.32. The lowest BCUT2D eigenvalue weighted by Crippen LogP contribution is -2.23. The Hall–Kier alpha value is -1.06. The molecular formula is C15H18BrNO. The third kappa shape index (κ3) is 2.85. The molecule has 1 N–H and O–H groups in total. The molecule has 0 aliphatic carbocycles. The van der Waals surface area contributed by atoms with E-state index in [0.717, 1.165) is 28.0 Å². The second-order valence-electron chi connectivity index (χ2n) is 4.60. The summed E-state index contributed by atoms with van der Waals surface area (Å²) in [4.78, 5) is 0. The number of benzene rings is 1. The van der Waals surface area contributed by atoms with Gasteiger partial charge in [-0.1, -0.05) is 18.2 Å². The van der Waals surface area contributed by atoms with Crippen LogP contribution in [0.1, 0.15) is 18.2 Å². The van der Waals surface area contributed by atoms with Crippen LogP contribution in [0.25, 0.3) is 11.3 Å². The molecule has 1 unspecified atom stereocenters. The zero-order valence-corrected chi connectivity index (χ0v) is 12.5. The quantitative estimate of drug-likeness (QED) is 0.917. The summed E-state index contributed by atoms with van der Waals surface area (Å²) in [6, 6.07) is 10.7. The van der Waals surface area contributed by atoms with Crippen LogP contribution in [0.15, 0.2) is 39.2 Å². The minimum absolute atomic E-state index is 0.421. The summed E-state index contributed by atoms with van der Waals surface area (Å²) in [5, 5.41) is 3.21. The van der Waals surface area contributed by atoms with Gasteiger partial charge in [0.25, 0.3) is 0 Å². The molecule has 1 aromatic heterocycles. The number of hydrogen-bond donors (Lipinski definition) is 1. The van der Waals surface area contributed by atoms with E-state index in [2.05, 4.69) is 53.3 Å². The fourth-order valence-corrected chi connectivity index (χ4v) is 2.33. The highest BCUT2D eigenvalue weighted by molar-refractivity contribution is 9.10. The molecule has 2 rings (SSSR count). The Morgan fingerprint density at radius 3 is 2.78 bits per heavy atom. The van der Waals surface area contributed by atoms with Crippen LogP contribution < -0.4 is 5.32 Å². The molecule has 0 radical (unpaired) electrons. The molecule has 2 aromatic rings. The van der Waals surface area contributed by atoms with Crippen LogP contribution in [-0.4, -0.2) is 13.1 Å². The lowest BCUT2D eigenvalue weighted by Gasteiger charge is -2.07. The van der Waals surface area contributed by atoms with Gasteiger partial charge in [-0.3, -0.25) is 0 Å². The Balaban J connectivity index is 2.27. The van der Waals surface area contributed by atoms with Crippen molar-refractivity contribution in [3.63, 3.8) is 0 Å². The van der Waals surface area contributed by atoms with E-state index in [1.54, 1.807) is 0 Å². The Morgan fingerprint density at radius 2 is 2.06 bits per heavy atom. The lowest BCUT2D eigenvalue weighted by atomic mass is 10.1. The molecule has 0 saturated carbocycles. The molecule has 0 bridgehead atoms. The first-order chi connectivity index (χ1) is 8.61. The molecule has 3 heteroatoms. The van der Waals surface area contributed by atoms with E-state index in [1.807, 2.05) is 19.2 Å². The van der Waals surface area contributed by atoms with Gasteiger partial charge in [-0.2, -0.15) is 0 Å². The van der Waals surface area contributed by atoms with Crippen LogP contribution in [-0.2, 0) is 6.42 Å². The third-order valence-electron chi connectivity index (χ3n) is 3.12. The van der Waals surface area contributed by atoms with Crippen molar-refractivity contribution in [2.45, 2.75) is 26.3 Å². The fraction of sp³-hybridized carbons (Fsp3) is 0.333. The first kappa shape index (κ1) is 13.4. The molecule has 2 nitrogen and oxygen atoms in total. The summed E-state index contributed by atoms with van der Waals surface area (Å²) in [6.45, 7) is 4.23. The number of hydrogen-bond acceptors (Lipinski definition) is 2. The largest absolute Gasteiger partial charge is 0.461 e. The second kappa shape index (κ2) is 5.72. The molecule has 96 valence electrons. The van der Waals surface area contributed by atoms with Gasteiger partial charge in [0.1, 0.15) is 11.5 Å². The van der Waals surface area contributed by atoms with Gasteiger partial charge in [0, 0.05) is 22.5 Å². The van der Waals surface area contributed by atoms with Gasteiger partial charge in [-0.25, -0.2) is 0 Å². The summed E-state index contributed by atoms with van der Waals surface area (Å²) >= 11 is 3.62. The highest BCUT2D eigenvalue weighted by atomic mass is 79.9. The van der Waals surface area contributed by atoms with Crippen molar-refractivity contribution in [1.29, 1.82) is 0 Å². The standard InChI is InChI=1S/C15H18BrNO/c1-10-5-4-6-13(15(10)16)14-8-7-12(18-14)9-11(2)17-3/h4-8,11,17H,9H2,1-3H3. The fourth-order valence-electron chi connectivity index (χ4n) is 1.87. The smallest absolute Gasteiger partial charge is 0.135 e. The van der Waals surface area contributed by atoms with Gasteiger partial charge in [-0.15, -0.1) is 0 Å². The Labute approximate surface area is 117 Å².